The lowest BCUT2D eigenvalue weighted by molar-refractivity contribution is -0.167. The van der Waals surface area contributed by atoms with Crippen LogP contribution in [-0.2, 0) is 28.6 Å². The summed E-state index contributed by atoms with van der Waals surface area (Å²) in [5.74, 6) is -0.867. The summed E-state index contributed by atoms with van der Waals surface area (Å²) in [6.45, 7) is 6.66. The molecule has 0 bridgehead atoms. The summed E-state index contributed by atoms with van der Waals surface area (Å²) in [4.78, 5) is 38.4. The number of hydrogen-bond acceptors (Lipinski definition) is 6. The molecule has 0 aromatic heterocycles. The van der Waals surface area contributed by atoms with Crippen LogP contribution in [0.1, 0.15) is 361 Å². The van der Waals surface area contributed by atoms with Gasteiger partial charge in [-0.25, -0.2) is 0 Å². The molecular formula is C74H132O6. The largest absolute Gasteiger partial charge is 0.462 e. The highest BCUT2D eigenvalue weighted by Crippen LogP contribution is 2.17. The Morgan fingerprint density at radius 2 is 0.450 bits per heavy atom. The molecule has 0 aromatic rings. The third-order valence-electron chi connectivity index (χ3n) is 15.4. The second-order valence-electron chi connectivity index (χ2n) is 23.4. The molecule has 80 heavy (non-hydrogen) atoms. The van der Waals surface area contributed by atoms with Crippen molar-refractivity contribution in [3.63, 3.8) is 0 Å². The van der Waals surface area contributed by atoms with Gasteiger partial charge in [-0.2, -0.15) is 0 Å². The number of rotatable bonds is 64. The average molecular weight is 1120 g/mol. The van der Waals surface area contributed by atoms with Crippen molar-refractivity contribution >= 4 is 17.9 Å². The summed E-state index contributed by atoms with van der Waals surface area (Å²) >= 11 is 0. The van der Waals surface area contributed by atoms with Crippen LogP contribution in [0.4, 0.5) is 0 Å². The Kier molecular flexibility index (Phi) is 65.7. The van der Waals surface area contributed by atoms with Gasteiger partial charge in [0.25, 0.3) is 0 Å². The van der Waals surface area contributed by atoms with Crippen LogP contribution in [0.15, 0.2) is 72.9 Å². The molecule has 0 aliphatic carbocycles. The summed E-state index contributed by atoms with van der Waals surface area (Å²) in [6, 6.07) is 0. The van der Waals surface area contributed by atoms with Gasteiger partial charge in [0.1, 0.15) is 13.2 Å². The fourth-order valence-corrected chi connectivity index (χ4v) is 10.2. The van der Waals surface area contributed by atoms with Crippen molar-refractivity contribution < 1.29 is 28.6 Å². The molecule has 6 heteroatoms. The minimum absolute atomic E-state index is 0.0762. The molecule has 1 atom stereocenters. The van der Waals surface area contributed by atoms with E-state index in [0.717, 1.165) is 89.9 Å². The fraction of sp³-hybridized carbons (Fsp3) is 0.797. The third kappa shape index (κ3) is 65.7. The second-order valence-corrected chi connectivity index (χ2v) is 23.4. The van der Waals surface area contributed by atoms with Gasteiger partial charge in [0, 0.05) is 19.3 Å². The average Bonchev–Trinajstić information content (AvgIpc) is 3.46. The van der Waals surface area contributed by atoms with Crippen molar-refractivity contribution in [2.75, 3.05) is 13.2 Å². The van der Waals surface area contributed by atoms with Gasteiger partial charge in [0.15, 0.2) is 6.10 Å². The Labute approximate surface area is 497 Å². The molecule has 0 rings (SSSR count). The predicted molar refractivity (Wildman–Crippen MR) is 348 cm³/mol. The Morgan fingerprint density at radius 1 is 0.250 bits per heavy atom. The van der Waals surface area contributed by atoms with Crippen molar-refractivity contribution in [3.8, 4) is 0 Å². The number of ether oxygens (including phenoxy) is 3. The first-order valence-corrected chi connectivity index (χ1v) is 34.9. The number of carbonyl (C=O) groups is 3. The molecule has 1 unspecified atom stereocenters. The quantitative estimate of drug-likeness (QED) is 0.0261. The minimum atomic E-state index is -0.781. The molecule has 0 spiro atoms. The summed E-state index contributed by atoms with van der Waals surface area (Å²) in [5.41, 5.74) is 0. The summed E-state index contributed by atoms with van der Waals surface area (Å²) in [6.07, 6.45) is 89.1. The zero-order valence-corrected chi connectivity index (χ0v) is 53.3. The van der Waals surface area contributed by atoms with E-state index in [9.17, 15) is 14.4 Å². The van der Waals surface area contributed by atoms with Crippen LogP contribution in [-0.4, -0.2) is 37.2 Å². The Balaban J connectivity index is 4.33. The molecule has 464 valence electrons. The molecule has 0 amide bonds. The van der Waals surface area contributed by atoms with E-state index in [1.54, 1.807) is 0 Å². The third-order valence-corrected chi connectivity index (χ3v) is 15.4. The van der Waals surface area contributed by atoms with Crippen LogP contribution in [0.25, 0.3) is 0 Å². The number of carbonyl (C=O) groups excluding carboxylic acids is 3. The lowest BCUT2D eigenvalue weighted by Crippen LogP contribution is -2.30. The fourth-order valence-electron chi connectivity index (χ4n) is 10.2. The molecule has 0 aliphatic rings. The van der Waals surface area contributed by atoms with Gasteiger partial charge in [-0.05, 0) is 96.3 Å². The highest BCUT2D eigenvalue weighted by atomic mass is 16.6. The van der Waals surface area contributed by atoms with Gasteiger partial charge >= 0.3 is 17.9 Å². The van der Waals surface area contributed by atoms with E-state index in [1.165, 1.54) is 231 Å². The van der Waals surface area contributed by atoms with E-state index in [1.807, 2.05) is 0 Å². The normalized spacial score (nSPS) is 12.5. The molecule has 0 aliphatic heterocycles. The molecule has 0 N–H and O–H groups in total. The smallest absolute Gasteiger partial charge is 0.306 e. The second kappa shape index (κ2) is 68.3. The molecule has 0 aromatic carbocycles. The van der Waals surface area contributed by atoms with Crippen LogP contribution in [0.5, 0.6) is 0 Å². The summed E-state index contributed by atoms with van der Waals surface area (Å²) < 4.78 is 17.0. The maximum atomic E-state index is 13.0. The van der Waals surface area contributed by atoms with Crippen molar-refractivity contribution in [3.05, 3.63) is 72.9 Å². The number of hydrogen-bond donors (Lipinski definition) is 0. The Morgan fingerprint density at radius 3 is 0.700 bits per heavy atom. The predicted octanol–water partition coefficient (Wildman–Crippen LogP) is 24.1. The van der Waals surface area contributed by atoms with Crippen molar-refractivity contribution in [2.45, 2.75) is 367 Å². The number of allylic oxidation sites excluding steroid dienone is 12. The molecular weight excluding hydrogens is 985 g/mol. The highest BCUT2D eigenvalue weighted by molar-refractivity contribution is 5.71. The standard InChI is InChI=1S/C74H132O6/c1-4-7-10-13-16-19-22-25-28-30-32-34-36-37-39-40-42-44-46-49-52-55-58-61-64-67-73(76)79-70-71(69-78-72(75)66-63-60-57-54-51-48-27-24-21-18-15-12-9-6-3)80-74(77)68-65-62-59-56-53-50-47-45-43-41-38-35-33-31-29-26-23-20-17-14-11-8-5-2/h22-23,25-26,30-33,36-38,41,71H,4-21,24,27-29,34-35,39-40,42-70H2,1-3H3/b25-22-,26-23-,32-30-,33-31-,37-36-,41-38-. The van der Waals surface area contributed by atoms with E-state index >= 15 is 0 Å². The molecule has 0 saturated heterocycles. The zero-order chi connectivity index (χ0) is 57.8. The Bertz CT molecular complexity index is 1470. The van der Waals surface area contributed by atoms with E-state index in [4.69, 9.17) is 14.2 Å². The molecule has 0 fully saturated rings. The summed E-state index contributed by atoms with van der Waals surface area (Å²) in [5, 5.41) is 0. The first-order chi connectivity index (χ1) is 39.5. The maximum absolute atomic E-state index is 13.0. The van der Waals surface area contributed by atoms with E-state index in [-0.39, 0.29) is 31.1 Å². The van der Waals surface area contributed by atoms with Gasteiger partial charge in [0.05, 0.1) is 0 Å². The molecule has 0 heterocycles. The Hall–Kier alpha value is -3.15. The number of unbranched alkanes of at least 4 members (excludes halogenated alkanes) is 41. The van der Waals surface area contributed by atoms with E-state index < -0.39 is 6.10 Å². The lowest BCUT2D eigenvalue weighted by Gasteiger charge is -2.18. The van der Waals surface area contributed by atoms with Gasteiger partial charge in [-0.1, -0.05) is 318 Å². The van der Waals surface area contributed by atoms with Crippen LogP contribution < -0.4 is 0 Å². The minimum Gasteiger partial charge on any atom is -0.462 e. The topological polar surface area (TPSA) is 78.9 Å². The molecule has 0 radical (unpaired) electrons. The van der Waals surface area contributed by atoms with Crippen molar-refractivity contribution in [1.82, 2.24) is 0 Å². The van der Waals surface area contributed by atoms with Gasteiger partial charge in [-0.15, -0.1) is 0 Å². The van der Waals surface area contributed by atoms with E-state index in [2.05, 4.69) is 93.7 Å². The first-order valence-electron chi connectivity index (χ1n) is 34.9. The lowest BCUT2D eigenvalue weighted by atomic mass is 10.0. The van der Waals surface area contributed by atoms with Crippen molar-refractivity contribution in [1.29, 1.82) is 0 Å². The monoisotopic (exact) mass is 1120 g/mol. The summed E-state index contributed by atoms with van der Waals surface area (Å²) in [7, 11) is 0. The van der Waals surface area contributed by atoms with E-state index in [0.29, 0.717) is 19.3 Å². The number of esters is 3. The molecule has 6 nitrogen and oxygen atoms in total. The van der Waals surface area contributed by atoms with Gasteiger partial charge in [-0.3, -0.25) is 14.4 Å². The van der Waals surface area contributed by atoms with Crippen LogP contribution >= 0.6 is 0 Å². The maximum Gasteiger partial charge on any atom is 0.306 e. The van der Waals surface area contributed by atoms with Crippen LogP contribution in [0.2, 0.25) is 0 Å². The van der Waals surface area contributed by atoms with Gasteiger partial charge in [0.2, 0.25) is 0 Å². The van der Waals surface area contributed by atoms with Crippen LogP contribution in [0.3, 0.4) is 0 Å². The van der Waals surface area contributed by atoms with Gasteiger partial charge < -0.3 is 14.2 Å². The first kappa shape index (κ1) is 76.9. The SMILES string of the molecule is CCCCCCC/C=C\C/C=C\C/C=C\CCCCCCCCCCCCC(=O)OCC(COC(=O)CCCCCCCCCCCCCCCC)OC(=O)CCCCCCCCCC/C=C\C/C=C\C/C=C\CCCCCCC. The highest BCUT2D eigenvalue weighted by Gasteiger charge is 2.19. The van der Waals surface area contributed by atoms with Crippen molar-refractivity contribution in [2.24, 2.45) is 0 Å². The zero-order valence-electron chi connectivity index (χ0n) is 53.3. The van der Waals surface area contributed by atoms with Crippen LogP contribution in [0, 0.1) is 0 Å². The molecule has 0 saturated carbocycles.